The molecule has 0 bridgehead atoms. The number of hydrogen-bond donors (Lipinski definition) is 7. The van der Waals surface area contributed by atoms with E-state index in [1.807, 2.05) is 0 Å². The van der Waals surface area contributed by atoms with Crippen LogP contribution in [-0.4, -0.2) is 113 Å². The summed E-state index contributed by atoms with van der Waals surface area (Å²) in [5, 5.41) is 41.8. The molecule has 3 unspecified atom stereocenters. The summed E-state index contributed by atoms with van der Waals surface area (Å²) in [6.45, 7) is 4.20. The first-order chi connectivity index (χ1) is 18.7. The number of likely N-dealkylation sites (N-methyl/N-ethyl adjacent to an activating group) is 2. The molecule has 7 N–H and O–H groups in total. The molecule has 2 aliphatic heterocycles. The molecule has 1 aliphatic carbocycles. The molecule has 0 radical (unpaired) electrons. The normalized spacial score (nSPS) is 39.9. The minimum absolute atomic E-state index is 0.121. The monoisotopic (exact) mass is 592 g/mol. The molecular weight excluding hydrogens is 554 g/mol. The van der Waals surface area contributed by atoms with Gasteiger partial charge in [0.15, 0.2) is 0 Å². The molecule has 1 aromatic rings. The van der Waals surface area contributed by atoms with Crippen LogP contribution in [0.4, 0.5) is 4.39 Å². The number of rotatable bonds is 8. The van der Waals surface area contributed by atoms with Gasteiger partial charge in [0.1, 0.15) is 24.1 Å². The van der Waals surface area contributed by atoms with E-state index in [1.165, 1.54) is 13.1 Å². The molecule has 4 rings (SSSR count). The highest BCUT2D eigenvalue weighted by Gasteiger charge is 2.63. The van der Waals surface area contributed by atoms with Crippen LogP contribution in [0.2, 0.25) is 0 Å². The average molecular weight is 593 g/mol. The van der Waals surface area contributed by atoms with Gasteiger partial charge in [0.2, 0.25) is 18.0 Å². The fourth-order valence-electron chi connectivity index (χ4n) is 5.60. The summed E-state index contributed by atoms with van der Waals surface area (Å²) >= 11 is 0. The van der Waals surface area contributed by atoms with Crippen LogP contribution in [-0.2, 0) is 34.5 Å². The predicted octanol–water partition coefficient (Wildman–Crippen LogP) is -1.34. The third-order valence-electron chi connectivity index (χ3n) is 7.58. The van der Waals surface area contributed by atoms with Crippen LogP contribution in [0.5, 0.6) is 0 Å². The number of pyridine rings is 1. The summed E-state index contributed by atoms with van der Waals surface area (Å²) in [5.41, 5.74) is 0.0282. The summed E-state index contributed by atoms with van der Waals surface area (Å²) in [5.74, 6) is -3.67. The van der Waals surface area contributed by atoms with Crippen molar-refractivity contribution in [2.45, 2.75) is 93.5 Å². The van der Waals surface area contributed by atoms with Crippen molar-refractivity contribution in [3.05, 3.63) is 29.3 Å². The van der Waals surface area contributed by atoms with Crippen molar-refractivity contribution in [2.24, 2.45) is 0 Å². The van der Waals surface area contributed by atoms with Crippen LogP contribution in [0.1, 0.15) is 37.6 Å². The second-order valence-electron chi connectivity index (χ2n) is 10.6. The number of carbonyl (C=O) groups excluding carboxylic acids is 1. The Kier molecular flexibility index (Phi) is 9.35. The van der Waals surface area contributed by atoms with E-state index >= 15 is 0 Å². The van der Waals surface area contributed by atoms with Crippen molar-refractivity contribution >= 4 is 13.5 Å². The van der Waals surface area contributed by atoms with Crippen LogP contribution in [0.3, 0.4) is 0 Å². The van der Waals surface area contributed by atoms with Crippen LogP contribution in [0, 0.1) is 5.82 Å². The molecule has 0 aromatic carbocycles. The molecule has 226 valence electrons. The van der Waals surface area contributed by atoms with E-state index in [0.717, 1.165) is 12.7 Å². The van der Waals surface area contributed by atoms with Crippen LogP contribution >= 0.6 is 7.60 Å². The van der Waals surface area contributed by atoms with Gasteiger partial charge in [-0.05, 0) is 40.4 Å². The standard InChI is InChI=1S/C24H38FN4O10P/c1-10-6-15(29-16(30)8-14-13(25)7-12(9-28-14)11(2)39-40(5,34)35)24(33)23(36-10)37-22-20(32)17(26-3)19(31)18(27-4)21(22)38-24/h7,9-11,15,17-23,26-27,31-33H,6,8H2,1-5H3,(H,29,30)(H,34,35)/t10-,11?,15?,17-,18+,19+,20+,21-,22-,23+,24+/m1/s1. The van der Waals surface area contributed by atoms with Crippen LogP contribution < -0.4 is 16.0 Å². The van der Waals surface area contributed by atoms with Crippen molar-refractivity contribution < 1.29 is 52.7 Å². The number of fused-ring (bicyclic) bond motifs is 2. The van der Waals surface area contributed by atoms with Crippen molar-refractivity contribution in [3.8, 4) is 0 Å². The van der Waals surface area contributed by atoms with Gasteiger partial charge in [-0.1, -0.05) is 0 Å². The van der Waals surface area contributed by atoms with E-state index in [4.69, 9.17) is 18.7 Å². The molecule has 3 aliphatic rings. The number of ether oxygens (including phenoxy) is 3. The maximum atomic E-state index is 14.8. The lowest BCUT2D eigenvalue weighted by Gasteiger charge is -2.58. The Bertz CT molecular complexity index is 1130. The van der Waals surface area contributed by atoms with Gasteiger partial charge in [-0.2, -0.15) is 0 Å². The number of amides is 1. The predicted molar refractivity (Wildman–Crippen MR) is 136 cm³/mol. The van der Waals surface area contributed by atoms with Gasteiger partial charge in [0.25, 0.3) is 0 Å². The number of aliphatic hydroxyl groups is 3. The van der Waals surface area contributed by atoms with Gasteiger partial charge in [0.05, 0.1) is 48.6 Å². The minimum Gasteiger partial charge on any atom is -0.390 e. The second kappa shape index (κ2) is 11.9. The van der Waals surface area contributed by atoms with Gasteiger partial charge in [-0.25, -0.2) is 4.39 Å². The Hall–Kier alpha value is -1.62. The van der Waals surface area contributed by atoms with Gasteiger partial charge >= 0.3 is 7.60 Å². The third-order valence-corrected chi connectivity index (χ3v) is 8.28. The van der Waals surface area contributed by atoms with E-state index in [9.17, 15) is 34.0 Å². The number of halogens is 1. The Labute approximate surface area is 231 Å². The Morgan fingerprint density at radius 2 is 1.93 bits per heavy atom. The highest BCUT2D eigenvalue weighted by molar-refractivity contribution is 7.51. The Morgan fingerprint density at radius 1 is 1.25 bits per heavy atom. The summed E-state index contributed by atoms with van der Waals surface area (Å²) in [4.78, 5) is 26.4. The summed E-state index contributed by atoms with van der Waals surface area (Å²) in [7, 11) is -0.628. The van der Waals surface area contributed by atoms with Gasteiger partial charge < -0.3 is 54.9 Å². The summed E-state index contributed by atoms with van der Waals surface area (Å²) in [6.07, 6.45) is -6.15. The van der Waals surface area contributed by atoms with E-state index in [1.54, 1.807) is 21.0 Å². The molecule has 1 amide bonds. The number of nitrogens with zero attached hydrogens (tertiary/aromatic N) is 1. The Morgan fingerprint density at radius 3 is 2.52 bits per heavy atom. The molecule has 0 spiro atoms. The lowest BCUT2D eigenvalue weighted by atomic mass is 9.79. The first-order valence-corrected chi connectivity index (χ1v) is 15.0. The fraction of sp³-hybridized carbons (Fsp3) is 0.750. The highest BCUT2D eigenvalue weighted by atomic mass is 31.2. The number of aromatic nitrogens is 1. The first kappa shape index (κ1) is 31.3. The molecule has 1 saturated carbocycles. The Balaban J connectivity index is 1.50. The summed E-state index contributed by atoms with van der Waals surface area (Å²) in [6, 6.07) is -1.47. The second-order valence-corrected chi connectivity index (χ2v) is 12.4. The largest absolute Gasteiger partial charge is 0.390 e. The van der Waals surface area contributed by atoms with Gasteiger partial charge in [-0.15, -0.1) is 0 Å². The van der Waals surface area contributed by atoms with E-state index in [-0.39, 0.29) is 17.7 Å². The first-order valence-electron chi connectivity index (χ1n) is 13.0. The third kappa shape index (κ3) is 6.25. The maximum Gasteiger partial charge on any atom is 0.325 e. The van der Waals surface area contributed by atoms with E-state index in [2.05, 4.69) is 20.9 Å². The van der Waals surface area contributed by atoms with Crippen LogP contribution in [0.15, 0.2) is 12.3 Å². The van der Waals surface area contributed by atoms with Gasteiger partial charge in [-0.3, -0.25) is 14.3 Å². The molecule has 40 heavy (non-hydrogen) atoms. The molecule has 1 aromatic heterocycles. The zero-order chi connectivity index (χ0) is 29.6. The minimum atomic E-state index is -3.81. The smallest absolute Gasteiger partial charge is 0.325 e. The zero-order valence-corrected chi connectivity index (χ0v) is 23.7. The lowest BCUT2D eigenvalue weighted by Crippen LogP contribution is -2.79. The SMILES string of the molecule is CN[C@@H]1[C@H](O)[C@H](NC)[C@H]2O[C@@]3(O)C(NC(=O)Cc4ncc(C(C)OP(C)(=O)O)cc4F)C[C@@H](C)O[C@H]3O[C@@H]2[C@H]1O. The topological polar surface area (TPSA) is 201 Å². The average Bonchev–Trinajstić information content (AvgIpc) is 2.85. The van der Waals surface area contributed by atoms with Crippen molar-refractivity contribution in [1.29, 1.82) is 0 Å². The molecule has 16 heteroatoms. The fourth-order valence-corrected chi connectivity index (χ4v) is 6.31. The highest BCUT2D eigenvalue weighted by Crippen LogP contribution is 2.43. The van der Waals surface area contributed by atoms with Crippen LogP contribution in [0.25, 0.3) is 0 Å². The molecule has 14 nitrogen and oxygen atoms in total. The molecular formula is C24H38FN4O10P. The molecule has 3 fully saturated rings. The zero-order valence-electron chi connectivity index (χ0n) is 22.9. The van der Waals surface area contributed by atoms with Crippen molar-refractivity contribution in [2.75, 3.05) is 20.8 Å². The van der Waals surface area contributed by atoms with E-state index in [0.29, 0.717) is 0 Å². The van der Waals surface area contributed by atoms with E-state index < -0.39 is 92.6 Å². The molecule has 3 heterocycles. The molecule has 12 atom stereocenters. The molecule has 2 saturated heterocycles. The van der Waals surface area contributed by atoms with Crippen molar-refractivity contribution in [3.63, 3.8) is 0 Å². The lowest BCUT2D eigenvalue weighted by molar-refractivity contribution is -0.449. The van der Waals surface area contributed by atoms with Crippen molar-refractivity contribution in [1.82, 2.24) is 20.9 Å². The number of nitrogens with one attached hydrogen (secondary N) is 3. The number of carbonyl (C=O) groups is 1. The van der Waals surface area contributed by atoms with Gasteiger partial charge in [0, 0.05) is 18.4 Å². The maximum absolute atomic E-state index is 14.8. The summed E-state index contributed by atoms with van der Waals surface area (Å²) < 4.78 is 49.1. The number of hydrogen-bond acceptors (Lipinski definition) is 12. The number of aliphatic hydroxyl groups excluding tert-OH is 2. The quantitative estimate of drug-likeness (QED) is 0.175.